The van der Waals surface area contributed by atoms with Crippen LogP contribution in [0.15, 0.2) is 71.2 Å². The Morgan fingerprint density at radius 2 is 1.85 bits per heavy atom. The first-order valence-electron chi connectivity index (χ1n) is 8.94. The summed E-state index contributed by atoms with van der Waals surface area (Å²) in [5, 5.41) is 5.12. The molecule has 3 aromatic carbocycles. The Morgan fingerprint density at radius 3 is 2.67 bits per heavy atom. The van der Waals surface area contributed by atoms with Crippen LogP contribution in [-0.2, 0) is 16.1 Å². The second-order valence-electron chi connectivity index (χ2n) is 6.71. The molecule has 5 heteroatoms. The molecule has 136 valence electrons. The topological polar surface area (TPSA) is 49.4 Å². The predicted octanol–water partition coefficient (Wildman–Crippen LogP) is 4.27. The number of nitrogens with one attached hydrogen (secondary N) is 1. The first kappa shape index (κ1) is 17.7. The van der Waals surface area contributed by atoms with E-state index in [0.717, 1.165) is 26.5 Å². The number of fused-ring (bicyclic) bond motifs is 1. The molecule has 4 rings (SSSR count). The minimum atomic E-state index is -0.622. The molecule has 0 aromatic heterocycles. The van der Waals surface area contributed by atoms with E-state index in [1.165, 1.54) is 0 Å². The molecule has 1 unspecified atom stereocenters. The molecule has 1 fully saturated rings. The van der Waals surface area contributed by atoms with Crippen molar-refractivity contribution < 1.29 is 9.59 Å². The Bertz CT molecular complexity index is 1020. The van der Waals surface area contributed by atoms with Gasteiger partial charge in [-0.2, -0.15) is 0 Å². The van der Waals surface area contributed by atoms with Crippen LogP contribution in [0.3, 0.4) is 0 Å². The van der Waals surface area contributed by atoms with Gasteiger partial charge < -0.3 is 10.2 Å². The average Bonchev–Trinajstić information content (AvgIpc) is 3.07. The van der Waals surface area contributed by atoms with Crippen LogP contribution in [0.25, 0.3) is 10.8 Å². The van der Waals surface area contributed by atoms with E-state index in [4.69, 9.17) is 0 Å². The second-order valence-corrected chi connectivity index (χ2v) is 7.63. The van der Waals surface area contributed by atoms with E-state index in [-0.39, 0.29) is 11.8 Å². The summed E-state index contributed by atoms with van der Waals surface area (Å²) in [7, 11) is 0. The van der Waals surface area contributed by atoms with Crippen molar-refractivity contribution in [2.45, 2.75) is 13.0 Å². The zero-order valence-electron chi connectivity index (χ0n) is 14.7. The monoisotopic (exact) mass is 422 g/mol. The molecule has 1 atom stereocenters. The Hall–Kier alpha value is -2.66. The number of carbonyl (C=O) groups is 2. The van der Waals surface area contributed by atoms with Gasteiger partial charge in [-0.05, 0) is 47.0 Å². The van der Waals surface area contributed by atoms with Crippen LogP contribution in [0.5, 0.6) is 0 Å². The van der Waals surface area contributed by atoms with Crippen LogP contribution in [0.2, 0.25) is 0 Å². The van der Waals surface area contributed by atoms with Crippen molar-refractivity contribution in [3.63, 3.8) is 0 Å². The maximum Gasteiger partial charge on any atom is 0.239 e. The van der Waals surface area contributed by atoms with Gasteiger partial charge in [0.1, 0.15) is 5.92 Å². The van der Waals surface area contributed by atoms with Crippen LogP contribution >= 0.6 is 15.9 Å². The summed E-state index contributed by atoms with van der Waals surface area (Å²) in [5.41, 5.74) is 1.84. The highest BCUT2D eigenvalue weighted by atomic mass is 79.9. The molecule has 4 nitrogen and oxygen atoms in total. The first-order valence-corrected chi connectivity index (χ1v) is 9.73. The smallest absolute Gasteiger partial charge is 0.239 e. The molecule has 1 aliphatic rings. The molecule has 0 spiro atoms. The maximum absolute atomic E-state index is 12.8. The molecule has 3 aromatic rings. The lowest BCUT2D eigenvalue weighted by Crippen LogP contribution is -2.36. The van der Waals surface area contributed by atoms with E-state index in [2.05, 4.69) is 21.2 Å². The molecular weight excluding hydrogens is 404 g/mol. The third kappa shape index (κ3) is 3.74. The van der Waals surface area contributed by atoms with Gasteiger partial charge in [-0.15, -0.1) is 0 Å². The van der Waals surface area contributed by atoms with E-state index in [9.17, 15) is 9.59 Å². The first-order chi connectivity index (χ1) is 13.1. The van der Waals surface area contributed by atoms with Gasteiger partial charge in [-0.3, -0.25) is 9.59 Å². The van der Waals surface area contributed by atoms with Crippen LogP contribution < -0.4 is 10.2 Å². The van der Waals surface area contributed by atoms with Gasteiger partial charge in [0.25, 0.3) is 0 Å². The molecular formula is C22H19BrN2O2. The van der Waals surface area contributed by atoms with Crippen LogP contribution in [0.4, 0.5) is 5.69 Å². The third-order valence-corrected chi connectivity index (χ3v) is 5.42. The standard InChI is InChI=1S/C22H19BrN2O2/c23-18-7-3-4-15(12-18)14-24-21(26)20-10-11-25(22(20)27)19-9-8-16-5-1-2-6-17(16)13-19/h1-9,12-13,20H,10-11,14H2,(H,24,26). The normalized spacial score (nSPS) is 16.7. The number of nitrogens with zero attached hydrogens (tertiary/aromatic N) is 1. The summed E-state index contributed by atoms with van der Waals surface area (Å²) in [6, 6.07) is 21.8. The lowest BCUT2D eigenvalue weighted by molar-refractivity contribution is -0.132. The number of rotatable bonds is 4. The molecule has 0 saturated carbocycles. The number of hydrogen-bond donors (Lipinski definition) is 1. The van der Waals surface area contributed by atoms with E-state index in [0.29, 0.717) is 19.5 Å². The summed E-state index contributed by atoms with van der Waals surface area (Å²) in [6.07, 6.45) is 0.538. The van der Waals surface area contributed by atoms with Gasteiger partial charge in [-0.1, -0.05) is 58.4 Å². The highest BCUT2D eigenvalue weighted by Crippen LogP contribution is 2.28. The van der Waals surface area contributed by atoms with Crippen molar-refractivity contribution in [3.8, 4) is 0 Å². The minimum absolute atomic E-state index is 0.128. The van der Waals surface area contributed by atoms with Crippen molar-refractivity contribution in [1.82, 2.24) is 5.32 Å². The Labute approximate surface area is 166 Å². The Kier molecular flexibility index (Phi) is 4.94. The van der Waals surface area contributed by atoms with Crippen LogP contribution in [-0.4, -0.2) is 18.4 Å². The zero-order valence-corrected chi connectivity index (χ0v) is 16.3. The van der Waals surface area contributed by atoms with Crippen molar-refractivity contribution >= 4 is 44.2 Å². The summed E-state index contributed by atoms with van der Waals surface area (Å²) >= 11 is 3.42. The lowest BCUT2D eigenvalue weighted by Gasteiger charge is -2.17. The average molecular weight is 423 g/mol. The van der Waals surface area contributed by atoms with E-state index in [1.54, 1.807) is 4.90 Å². The number of anilines is 1. The zero-order chi connectivity index (χ0) is 18.8. The molecule has 1 aliphatic heterocycles. The molecule has 1 N–H and O–H groups in total. The molecule has 2 amide bonds. The largest absolute Gasteiger partial charge is 0.351 e. The summed E-state index contributed by atoms with van der Waals surface area (Å²) < 4.78 is 0.966. The molecule has 27 heavy (non-hydrogen) atoms. The predicted molar refractivity (Wildman–Crippen MR) is 110 cm³/mol. The SMILES string of the molecule is O=C(NCc1cccc(Br)c1)C1CCN(c2ccc3ccccc3c2)C1=O. The van der Waals surface area contributed by atoms with Crippen molar-refractivity contribution in [2.24, 2.45) is 5.92 Å². The van der Waals surface area contributed by atoms with Gasteiger partial charge in [0.15, 0.2) is 0 Å². The number of carbonyl (C=O) groups excluding carboxylic acids is 2. The fourth-order valence-corrected chi connectivity index (χ4v) is 3.93. The number of benzene rings is 3. The van der Waals surface area contributed by atoms with E-state index in [1.807, 2.05) is 66.7 Å². The molecule has 0 aliphatic carbocycles. The molecule has 0 radical (unpaired) electrons. The fourth-order valence-electron chi connectivity index (χ4n) is 3.48. The maximum atomic E-state index is 12.8. The molecule has 1 heterocycles. The summed E-state index contributed by atoms with van der Waals surface area (Å²) in [5.74, 6) is -0.955. The number of halogens is 1. The number of amides is 2. The van der Waals surface area contributed by atoms with Gasteiger partial charge in [0.05, 0.1) is 0 Å². The highest BCUT2D eigenvalue weighted by molar-refractivity contribution is 9.10. The van der Waals surface area contributed by atoms with Crippen LogP contribution in [0.1, 0.15) is 12.0 Å². The highest BCUT2D eigenvalue weighted by Gasteiger charge is 2.37. The summed E-state index contributed by atoms with van der Waals surface area (Å²) in [6.45, 7) is 0.976. The number of hydrogen-bond acceptors (Lipinski definition) is 2. The second kappa shape index (κ2) is 7.53. The van der Waals surface area contributed by atoms with Gasteiger partial charge in [-0.25, -0.2) is 0 Å². The molecule has 1 saturated heterocycles. The van der Waals surface area contributed by atoms with E-state index < -0.39 is 5.92 Å². The molecule has 0 bridgehead atoms. The van der Waals surface area contributed by atoms with Gasteiger partial charge >= 0.3 is 0 Å². The van der Waals surface area contributed by atoms with Crippen molar-refractivity contribution in [2.75, 3.05) is 11.4 Å². The third-order valence-electron chi connectivity index (χ3n) is 4.92. The minimum Gasteiger partial charge on any atom is -0.351 e. The van der Waals surface area contributed by atoms with Gasteiger partial charge in [0.2, 0.25) is 11.8 Å². The van der Waals surface area contributed by atoms with Crippen LogP contribution in [0, 0.1) is 5.92 Å². The van der Waals surface area contributed by atoms with E-state index >= 15 is 0 Å². The fraction of sp³-hybridized carbons (Fsp3) is 0.182. The lowest BCUT2D eigenvalue weighted by atomic mass is 10.1. The Balaban J connectivity index is 1.45. The Morgan fingerprint density at radius 1 is 1.04 bits per heavy atom. The van der Waals surface area contributed by atoms with Crippen molar-refractivity contribution in [1.29, 1.82) is 0 Å². The summed E-state index contributed by atoms with van der Waals surface area (Å²) in [4.78, 5) is 27.1. The van der Waals surface area contributed by atoms with Crippen molar-refractivity contribution in [3.05, 3.63) is 76.8 Å². The quantitative estimate of drug-likeness (QED) is 0.638. The van der Waals surface area contributed by atoms with Gasteiger partial charge in [0, 0.05) is 23.2 Å².